The fourth-order valence-corrected chi connectivity index (χ4v) is 3.95. The van der Waals surface area contributed by atoms with E-state index in [1.54, 1.807) is 0 Å². The minimum Gasteiger partial charge on any atom is -0.340 e. The van der Waals surface area contributed by atoms with Gasteiger partial charge in [0.05, 0.1) is 24.3 Å². The lowest BCUT2D eigenvalue weighted by molar-refractivity contribution is 0.514. The highest BCUT2D eigenvalue weighted by molar-refractivity contribution is 5.73. The Hall–Kier alpha value is -2.64. The predicted octanol–water partition coefficient (Wildman–Crippen LogP) is 1.17. The molecule has 0 radical (unpaired) electrons. The Morgan fingerprint density at radius 3 is 3.12 bits per heavy atom. The predicted molar refractivity (Wildman–Crippen MR) is 89.2 cm³/mol. The van der Waals surface area contributed by atoms with Gasteiger partial charge in [-0.25, -0.2) is 4.98 Å². The topological polar surface area (TPSA) is 95.5 Å². The van der Waals surface area contributed by atoms with Gasteiger partial charge in [0.25, 0.3) is 5.56 Å². The van der Waals surface area contributed by atoms with E-state index in [2.05, 4.69) is 34.6 Å². The highest BCUT2D eigenvalue weighted by Gasteiger charge is 2.28. The Balaban J connectivity index is 1.44. The van der Waals surface area contributed by atoms with E-state index in [-0.39, 0.29) is 5.56 Å². The van der Waals surface area contributed by atoms with Crippen LogP contribution in [-0.4, -0.2) is 42.8 Å². The van der Waals surface area contributed by atoms with E-state index in [9.17, 15) is 4.79 Å². The molecule has 3 aromatic rings. The van der Waals surface area contributed by atoms with E-state index in [1.807, 2.05) is 6.33 Å². The van der Waals surface area contributed by atoms with Crippen LogP contribution in [0.5, 0.6) is 0 Å². The second kappa shape index (κ2) is 5.19. The van der Waals surface area contributed by atoms with E-state index >= 15 is 0 Å². The van der Waals surface area contributed by atoms with Crippen LogP contribution in [0.25, 0.3) is 11.0 Å². The largest absolute Gasteiger partial charge is 0.340 e. The van der Waals surface area contributed by atoms with Gasteiger partial charge in [0, 0.05) is 18.8 Å². The third-order valence-electron chi connectivity index (χ3n) is 5.22. The first-order chi connectivity index (χ1) is 11.8. The molecule has 0 saturated carbocycles. The zero-order chi connectivity index (χ0) is 16.1. The van der Waals surface area contributed by atoms with E-state index in [0.29, 0.717) is 23.0 Å². The molecule has 2 N–H and O–H groups in total. The first-order valence-electron chi connectivity index (χ1n) is 8.52. The zero-order valence-corrected chi connectivity index (χ0v) is 13.3. The van der Waals surface area contributed by atoms with Crippen molar-refractivity contribution in [3.05, 3.63) is 34.3 Å². The second-order valence-electron chi connectivity index (χ2n) is 6.66. The number of fused-ring (bicyclic) bond motifs is 2. The summed E-state index contributed by atoms with van der Waals surface area (Å²) in [5.41, 5.74) is 3.06. The summed E-state index contributed by atoms with van der Waals surface area (Å²) in [7, 11) is 0. The minimum absolute atomic E-state index is 0.146. The van der Waals surface area contributed by atoms with Crippen LogP contribution >= 0.6 is 0 Å². The van der Waals surface area contributed by atoms with Gasteiger partial charge < -0.3 is 9.47 Å². The van der Waals surface area contributed by atoms with Gasteiger partial charge >= 0.3 is 0 Å². The molecule has 0 spiro atoms. The van der Waals surface area contributed by atoms with E-state index in [1.165, 1.54) is 30.4 Å². The number of hydrogen-bond donors (Lipinski definition) is 2. The molecule has 8 nitrogen and oxygen atoms in total. The number of nitrogens with zero attached hydrogens (tertiary/aromatic N) is 5. The molecule has 0 unspecified atom stereocenters. The number of aryl methyl sites for hydroxylation is 1. The first kappa shape index (κ1) is 13.8. The van der Waals surface area contributed by atoms with Crippen molar-refractivity contribution in [2.75, 3.05) is 18.0 Å². The number of aromatic amines is 2. The van der Waals surface area contributed by atoms with Crippen LogP contribution in [0.15, 0.2) is 17.3 Å². The number of anilines is 1. The summed E-state index contributed by atoms with van der Waals surface area (Å²) in [6, 6.07) is 0.391. The maximum absolute atomic E-state index is 12.1. The Bertz CT molecular complexity index is 953. The first-order valence-corrected chi connectivity index (χ1v) is 8.52. The summed E-state index contributed by atoms with van der Waals surface area (Å²) in [5, 5.41) is 7.17. The van der Waals surface area contributed by atoms with Crippen molar-refractivity contribution in [1.29, 1.82) is 0 Å². The van der Waals surface area contributed by atoms with Crippen LogP contribution < -0.4 is 10.5 Å². The van der Waals surface area contributed by atoms with Gasteiger partial charge in [-0.3, -0.25) is 14.9 Å². The molecule has 0 bridgehead atoms. The third-order valence-corrected chi connectivity index (χ3v) is 5.22. The lowest BCUT2D eigenvalue weighted by Gasteiger charge is -2.20. The molecule has 1 fully saturated rings. The van der Waals surface area contributed by atoms with Crippen molar-refractivity contribution in [2.24, 2.45) is 0 Å². The molecular weight excluding hydrogens is 306 g/mol. The molecule has 1 atom stereocenters. The van der Waals surface area contributed by atoms with E-state index in [0.717, 1.165) is 32.4 Å². The molecule has 1 saturated heterocycles. The van der Waals surface area contributed by atoms with Crippen LogP contribution in [-0.2, 0) is 12.8 Å². The monoisotopic (exact) mass is 325 g/mol. The number of imidazole rings is 1. The van der Waals surface area contributed by atoms with Crippen LogP contribution in [0.4, 0.5) is 5.95 Å². The van der Waals surface area contributed by atoms with Gasteiger partial charge in [-0.05, 0) is 32.1 Å². The van der Waals surface area contributed by atoms with Gasteiger partial charge in [-0.2, -0.15) is 10.1 Å². The van der Waals surface area contributed by atoms with Gasteiger partial charge in [-0.1, -0.05) is 0 Å². The van der Waals surface area contributed by atoms with Crippen LogP contribution in [0.2, 0.25) is 0 Å². The van der Waals surface area contributed by atoms with Crippen molar-refractivity contribution in [1.82, 2.24) is 29.7 Å². The normalized spacial score (nSPS) is 20.7. The van der Waals surface area contributed by atoms with Gasteiger partial charge in [-0.15, -0.1) is 0 Å². The van der Waals surface area contributed by atoms with Crippen LogP contribution in [0.1, 0.15) is 36.7 Å². The van der Waals surface area contributed by atoms with Crippen LogP contribution in [0, 0.1) is 0 Å². The van der Waals surface area contributed by atoms with Gasteiger partial charge in [0.2, 0.25) is 5.95 Å². The zero-order valence-electron chi connectivity index (χ0n) is 13.3. The number of nitrogens with one attached hydrogen (secondary N) is 2. The third kappa shape index (κ3) is 2.05. The highest BCUT2D eigenvalue weighted by Crippen LogP contribution is 2.29. The summed E-state index contributed by atoms with van der Waals surface area (Å²) >= 11 is 0. The average molecular weight is 325 g/mol. The molecule has 24 heavy (non-hydrogen) atoms. The van der Waals surface area contributed by atoms with Crippen molar-refractivity contribution in [3.8, 4) is 0 Å². The summed E-state index contributed by atoms with van der Waals surface area (Å²) in [6.07, 6.45) is 9.27. The van der Waals surface area contributed by atoms with Crippen molar-refractivity contribution < 1.29 is 0 Å². The molecule has 2 aliphatic rings. The van der Waals surface area contributed by atoms with Crippen molar-refractivity contribution in [3.63, 3.8) is 0 Å². The summed E-state index contributed by atoms with van der Waals surface area (Å²) in [4.78, 5) is 26.3. The lowest BCUT2D eigenvalue weighted by atomic mass is 10.0. The fourth-order valence-electron chi connectivity index (χ4n) is 3.95. The Labute approximate surface area is 137 Å². The molecule has 0 amide bonds. The minimum atomic E-state index is -0.146. The lowest BCUT2D eigenvalue weighted by Crippen LogP contribution is -2.26. The standard InChI is InChI=1S/C16H19N7O/c24-15-11-7-18-21-14(11)19-16(20-15)22-6-5-10(8-22)23-9-17-12-3-1-2-4-13(12)23/h7,9-10H,1-6,8H2,(H2,18,19,20,21,24)/t10-/m0/s1. The smallest absolute Gasteiger partial charge is 0.263 e. The quantitative estimate of drug-likeness (QED) is 0.737. The molecule has 8 heteroatoms. The Kier molecular flexibility index (Phi) is 2.97. The summed E-state index contributed by atoms with van der Waals surface area (Å²) < 4.78 is 2.35. The molecule has 3 aromatic heterocycles. The molecule has 1 aliphatic heterocycles. The summed E-state index contributed by atoms with van der Waals surface area (Å²) in [5.74, 6) is 0.619. The number of H-pyrrole nitrogens is 2. The SMILES string of the molecule is O=c1[nH]c(N2CC[C@H](n3cnc4c3CCCC4)C2)nc2[nH]ncc12. The fraction of sp³-hybridized carbons (Fsp3) is 0.500. The van der Waals surface area contributed by atoms with E-state index in [4.69, 9.17) is 0 Å². The molecule has 124 valence electrons. The molecule has 5 rings (SSSR count). The molecule has 4 heterocycles. The maximum atomic E-state index is 12.1. The molecule has 1 aliphatic carbocycles. The van der Waals surface area contributed by atoms with Gasteiger partial charge in [0.1, 0.15) is 5.39 Å². The average Bonchev–Trinajstić information content (AvgIpc) is 3.32. The number of hydrogen-bond acceptors (Lipinski definition) is 5. The summed E-state index contributed by atoms with van der Waals surface area (Å²) in [6.45, 7) is 1.71. The van der Waals surface area contributed by atoms with Gasteiger partial charge in [0.15, 0.2) is 5.65 Å². The molecule has 0 aromatic carbocycles. The van der Waals surface area contributed by atoms with Crippen molar-refractivity contribution >= 4 is 17.0 Å². The number of rotatable bonds is 2. The Morgan fingerprint density at radius 2 is 2.17 bits per heavy atom. The highest BCUT2D eigenvalue weighted by atomic mass is 16.1. The maximum Gasteiger partial charge on any atom is 0.263 e. The van der Waals surface area contributed by atoms with Crippen LogP contribution in [0.3, 0.4) is 0 Å². The van der Waals surface area contributed by atoms with E-state index < -0.39 is 0 Å². The Morgan fingerprint density at radius 1 is 1.25 bits per heavy atom. The molecular formula is C16H19N7O. The number of aromatic nitrogens is 6. The second-order valence-corrected chi connectivity index (χ2v) is 6.66. The van der Waals surface area contributed by atoms with Crippen molar-refractivity contribution in [2.45, 2.75) is 38.1 Å².